The highest BCUT2D eigenvalue weighted by atomic mass is 35.5. The number of halogens is 2. The third-order valence-electron chi connectivity index (χ3n) is 5.48. The van der Waals surface area contributed by atoms with Gasteiger partial charge in [-0.1, -0.05) is 29.3 Å². The van der Waals surface area contributed by atoms with Gasteiger partial charge in [-0.2, -0.15) is 0 Å². The van der Waals surface area contributed by atoms with Gasteiger partial charge < -0.3 is 4.90 Å². The maximum absolute atomic E-state index is 13.2. The number of hydrogen-bond acceptors (Lipinski definition) is 4. The number of nitrogens with zero attached hydrogens (tertiary/aromatic N) is 4. The molecule has 5 nitrogen and oxygen atoms in total. The van der Waals surface area contributed by atoms with Crippen LogP contribution in [0.1, 0.15) is 41.5 Å². The van der Waals surface area contributed by atoms with Crippen molar-refractivity contribution in [2.45, 2.75) is 39.2 Å². The average molecular weight is 441 g/mol. The highest BCUT2D eigenvalue weighted by Crippen LogP contribution is 2.37. The summed E-state index contributed by atoms with van der Waals surface area (Å²) in [4.78, 5) is 28.5. The van der Waals surface area contributed by atoms with Crippen molar-refractivity contribution < 1.29 is 4.79 Å². The van der Waals surface area contributed by atoms with Crippen molar-refractivity contribution in [3.05, 3.63) is 75.5 Å². The molecule has 0 N–H and O–H groups in total. The molecule has 1 aliphatic rings. The van der Waals surface area contributed by atoms with E-state index in [9.17, 15) is 4.79 Å². The zero-order chi connectivity index (χ0) is 21.3. The van der Waals surface area contributed by atoms with Gasteiger partial charge in [0.2, 0.25) is 5.91 Å². The molecular formula is C23H22Cl2N4O. The molecule has 4 rings (SSSR count). The van der Waals surface area contributed by atoms with E-state index in [1.807, 2.05) is 43.3 Å². The van der Waals surface area contributed by atoms with E-state index in [1.54, 1.807) is 18.3 Å². The summed E-state index contributed by atoms with van der Waals surface area (Å²) in [5.41, 5.74) is 4.81. The molecule has 2 aromatic heterocycles. The number of pyridine rings is 1. The summed E-state index contributed by atoms with van der Waals surface area (Å²) in [6.45, 7) is 4.61. The second kappa shape index (κ2) is 8.70. The van der Waals surface area contributed by atoms with Crippen LogP contribution >= 0.6 is 23.2 Å². The largest absolute Gasteiger partial charge is 0.334 e. The van der Waals surface area contributed by atoms with Gasteiger partial charge in [-0.3, -0.25) is 9.78 Å². The molecule has 3 heterocycles. The van der Waals surface area contributed by atoms with Gasteiger partial charge in [0.25, 0.3) is 0 Å². The molecule has 1 aromatic carbocycles. The molecule has 0 aliphatic carbocycles. The van der Waals surface area contributed by atoms with Gasteiger partial charge in [0.1, 0.15) is 5.82 Å². The van der Waals surface area contributed by atoms with Crippen molar-refractivity contribution >= 4 is 29.1 Å². The van der Waals surface area contributed by atoms with Crippen LogP contribution in [-0.2, 0) is 11.2 Å². The molecule has 0 radical (unpaired) electrons. The molecule has 154 valence electrons. The van der Waals surface area contributed by atoms with Crippen LogP contribution in [0.3, 0.4) is 0 Å². The Labute approximate surface area is 186 Å². The molecular weight excluding hydrogens is 419 g/mol. The summed E-state index contributed by atoms with van der Waals surface area (Å²) in [6.07, 6.45) is 7.56. The van der Waals surface area contributed by atoms with Gasteiger partial charge in [0.05, 0.1) is 28.2 Å². The van der Waals surface area contributed by atoms with Gasteiger partial charge in [0, 0.05) is 30.7 Å². The van der Waals surface area contributed by atoms with E-state index >= 15 is 0 Å². The molecule has 3 aromatic rings. The highest BCUT2D eigenvalue weighted by molar-refractivity contribution is 6.42. The van der Waals surface area contributed by atoms with Crippen LogP contribution in [0.4, 0.5) is 0 Å². The number of carbonyl (C=O) groups excluding carboxylic acids is 1. The minimum atomic E-state index is -0.0791. The molecule has 0 spiro atoms. The summed E-state index contributed by atoms with van der Waals surface area (Å²) in [7, 11) is 0. The third-order valence-corrected chi connectivity index (χ3v) is 6.22. The number of carbonyl (C=O) groups is 1. The number of aromatic nitrogens is 3. The van der Waals surface area contributed by atoms with Crippen molar-refractivity contribution in [2.24, 2.45) is 0 Å². The maximum atomic E-state index is 13.2. The molecule has 1 aliphatic heterocycles. The quantitative estimate of drug-likeness (QED) is 0.546. The lowest BCUT2D eigenvalue weighted by Gasteiger charge is -2.26. The lowest BCUT2D eigenvalue weighted by atomic mass is 9.97. The van der Waals surface area contributed by atoms with Crippen molar-refractivity contribution in [3.8, 4) is 11.1 Å². The number of likely N-dealkylation sites (tertiary alicyclic amines) is 1. The molecule has 30 heavy (non-hydrogen) atoms. The molecule has 1 unspecified atom stereocenters. The fourth-order valence-electron chi connectivity index (χ4n) is 4.00. The Morgan fingerprint density at radius 3 is 2.73 bits per heavy atom. The Kier molecular flexibility index (Phi) is 6.02. The number of amides is 1. The second-order valence-electron chi connectivity index (χ2n) is 7.58. The van der Waals surface area contributed by atoms with Crippen LogP contribution in [0.15, 0.2) is 42.9 Å². The van der Waals surface area contributed by atoms with Crippen LogP contribution in [0.25, 0.3) is 11.1 Å². The molecule has 0 saturated carbocycles. The Balaban J connectivity index is 1.66. The minimum absolute atomic E-state index is 0.0598. The average Bonchev–Trinajstić information content (AvgIpc) is 3.21. The first-order valence-corrected chi connectivity index (χ1v) is 10.7. The standard InChI is InChI=1S/C23H22Cl2N4O/c1-14-12-26-8-7-17(14)18-13-27-15(2)28-23(18)21-4-3-9-29(21)22(30)11-16-5-6-19(24)20(25)10-16/h5-8,10,12-13,21H,3-4,9,11H2,1-2H3. The lowest BCUT2D eigenvalue weighted by molar-refractivity contribution is -0.131. The number of benzene rings is 1. The Hall–Kier alpha value is -2.50. The first-order valence-electron chi connectivity index (χ1n) is 9.92. The van der Waals surface area contributed by atoms with Gasteiger partial charge >= 0.3 is 0 Å². The van der Waals surface area contributed by atoms with Gasteiger partial charge in [0.15, 0.2) is 0 Å². The Bertz CT molecular complexity index is 1100. The van der Waals surface area contributed by atoms with Crippen molar-refractivity contribution in [1.82, 2.24) is 19.9 Å². The number of rotatable bonds is 4. The van der Waals surface area contributed by atoms with Gasteiger partial charge in [-0.15, -0.1) is 0 Å². The molecule has 1 fully saturated rings. The number of aryl methyl sites for hydroxylation is 2. The summed E-state index contributed by atoms with van der Waals surface area (Å²) < 4.78 is 0. The van der Waals surface area contributed by atoms with E-state index in [2.05, 4.69) is 9.97 Å². The van der Waals surface area contributed by atoms with Crippen LogP contribution < -0.4 is 0 Å². The van der Waals surface area contributed by atoms with E-state index in [0.29, 0.717) is 22.4 Å². The zero-order valence-electron chi connectivity index (χ0n) is 16.9. The topological polar surface area (TPSA) is 59.0 Å². The van der Waals surface area contributed by atoms with Gasteiger partial charge in [-0.05, 0) is 61.6 Å². The summed E-state index contributed by atoms with van der Waals surface area (Å²) >= 11 is 12.1. The van der Waals surface area contributed by atoms with E-state index in [0.717, 1.165) is 40.8 Å². The van der Waals surface area contributed by atoms with Crippen molar-refractivity contribution in [1.29, 1.82) is 0 Å². The summed E-state index contributed by atoms with van der Waals surface area (Å²) in [6, 6.07) is 7.23. The smallest absolute Gasteiger partial charge is 0.227 e. The van der Waals surface area contributed by atoms with E-state index in [1.165, 1.54) is 0 Å². The molecule has 7 heteroatoms. The molecule has 0 bridgehead atoms. The normalized spacial score (nSPS) is 16.1. The first kappa shape index (κ1) is 20.8. The minimum Gasteiger partial charge on any atom is -0.334 e. The molecule has 1 saturated heterocycles. The number of hydrogen-bond donors (Lipinski definition) is 0. The monoisotopic (exact) mass is 440 g/mol. The van der Waals surface area contributed by atoms with E-state index in [-0.39, 0.29) is 18.4 Å². The SMILES string of the molecule is Cc1ncc(-c2ccncc2C)c(C2CCCN2C(=O)Cc2ccc(Cl)c(Cl)c2)n1. The Morgan fingerprint density at radius 1 is 1.13 bits per heavy atom. The van der Waals surface area contributed by atoms with Crippen LogP contribution in [0.5, 0.6) is 0 Å². The van der Waals surface area contributed by atoms with E-state index in [4.69, 9.17) is 28.2 Å². The lowest BCUT2D eigenvalue weighted by Crippen LogP contribution is -2.32. The predicted molar refractivity (Wildman–Crippen MR) is 119 cm³/mol. The molecule has 1 amide bonds. The summed E-state index contributed by atoms with van der Waals surface area (Å²) in [5, 5.41) is 0.947. The fraction of sp³-hybridized carbons (Fsp3) is 0.304. The van der Waals surface area contributed by atoms with E-state index < -0.39 is 0 Å². The predicted octanol–water partition coefficient (Wildman–Crippen LogP) is 5.37. The van der Waals surface area contributed by atoms with Crippen molar-refractivity contribution in [2.75, 3.05) is 6.54 Å². The fourth-order valence-corrected chi connectivity index (χ4v) is 4.32. The van der Waals surface area contributed by atoms with Crippen LogP contribution in [-0.4, -0.2) is 32.3 Å². The van der Waals surface area contributed by atoms with Crippen LogP contribution in [0, 0.1) is 13.8 Å². The highest BCUT2D eigenvalue weighted by Gasteiger charge is 2.33. The van der Waals surface area contributed by atoms with Gasteiger partial charge in [-0.25, -0.2) is 9.97 Å². The summed E-state index contributed by atoms with van der Waals surface area (Å²) in [5.74, 6) is 0.758. The third kappa shape index (κ3) is 4.18. The van der Waals surface area contributed by atoms with Crippen molar-refractivity contribution in [3.63, 3.8) is 0 Å². The maximum Gasteiger partial charge on any atom is 0.227 e. The Morgan fingerprint density at radius 2 is 1.97 bits per heavy atom. The van der Waals surface area contributed by atoms with Crippen LogP contribution in [0.2, 0.25) is 10.0 Å². The molecule has 1 atom stereocenters. The first-order chi connectivity index (χ1) is 14.4. The zero-order valence-corrected chi connectivity index (χ0v) is 18.4. The second-order valence-corrected chi connectivity index (χ2v) is 8.39.